The fourth-order valence-corrected chi connectivity index (χ4v) is 2.04. The van der Waals surface area contributed by atoms with E-state index in [1.165, 1.54) is 24.1 Å². The monoisotopic (exact) mass is 269 g/mol. The summed E-state index contributed by atoms with van der Waals surface area (Å²) in [4.78, 5) is 13.8. The second-order valence-corrected chi connectivity index (χ2v) is 4.26. The third-order valence-electron chi connectivity index (χ3n) is 3.10. The summed E-state index contributed by atoms with van der Waals surface area (Å²) >= 11 is 0. The first-order chi connectivity index (χ1) is 9.17. The van der Waals surface area contributed by atoms with Crippen molar-refractivity contribution in [2.75, 3.05) is 33.5 Å². The van der Waals surface area contributed by atoms with Crippen molar-refractivity contribution in [2.24, 2.45) is 0 Å². The number of hydrogen-bond donors (Lipinski definition) is 1. The number of halogens is 1. The Morgan fingerprint density at radius 3 is 3.05 bits per heavy atom. The summed E-state index contributed by atoms with van der Waals surface area (Å²) in [5.74, 6) is -0.803. The minimum Gasteiger partial charge on any atom is -0.494 e. The van der Waals surface area contributed by atoms with Crippen LogP contribution in [-0.2, 0) is 4.74 Å². The number of nitrogens with zero attached hydrogens (tertiary/aromatic N) is 1. The molecule has 1 unspecified atom stereocenters. The standard InChI is InChI=1S/C13H16FNO4/c1-18-12-3-2-9(6-11(12)14)13(17)15-4-5-19-8-10(15)7-16/h2-3,6,10,16H,4-5,7-8H2,1H3. The van der Waals surface area contributed by atoms with E-state index in [4.69, 9.17) is 9.47 Å². The summed E-state index contributed by atoms with van der Waals surface area (Å²) in [5.41, 5.74) is 0.235. The molecule has 0 saturated carbocycles. The van der Waals surface area contributed by atoms with Gasteiger partial charge < -0.3 is 19.5 Å². The van der Waals surface area contributed by atoms with Crippen LogP contribution in [0.15, 0.2) is 18.2 Å². The van der Waals surface area contributed by atoms with Crippen molar-refractivity contribution in [1.82, 2.24) is 4.90 Å². The van der Waals surface area contributed by atoms with Crippen LogP contribution < -0.4 is 4.74 Å². The van der Waals surface area contributed by atoms with Gasteiger partial charge in [-0.05, 0) is 18.2 Å². The summed E-state index contributed by atoms with van der Waals surface area (Å²) in [7, 11) is 1.36. The zero-order valence-electron chi connectivity index (χ0n) is 10.6. The van der Waals surface area contributed by atoms with E-state index < -0.39 is 5.82 Å². The van der Waals surface area contributed by atoms with Gasteiger partial charge in [-0.25, -0.2) is 4.39 Å². The Balaban J connectivity index is 2.20. The minimum atomic E-state index is -0.581. The van der Waals surface area contributed by atoms with Crippen LogP contribution in [0.25, 0.3) is 0 Å². The third kappa shape index (κ3) is 2.85. The molecule has 1 aromatic rings. The molecule has 104 valence electrons. The summed E-state index contributed by atoms with van der Waals surface area (Å²) in [6.07, 6.45) is 0. The van der Waals surface area contributed by atoms with E-state index in [0.717, 1.165) is 6.07 Å². The molecule has 1 saturated heterocycles. The van der Waals surface area contributed by atoms with E-state index in [1.54, 1.807) is 0 Å². The molecule has 1 aromatic carbocycles. The van der Waals surface area contributed by atoms with Gasteiger partial charge in [-0.2, -0.15) is 0 Å². The van der Waals surface area contributed by atoms with E-state index in [1.807, 2.05) is 0 Å². The summed E-state index contributed by atoms with van der Waals surface area (Å²) in [6.45, 7) is 0.920. The molecule has 2 rings (SSSR count). The van der Waals surface area contributed by atoms with Crippen LogP contribution in [0.4, 0.5) is 4.39 Å². The molecule has 1 aliphatic rings. The Morgan fingerprint density at radius 1 is 1.63 bits per heavy atom. The Hall–Kier alpha value is -1.66. The Kier molecular flexibility index (Phi) is 4.34. The topological polar surface area (TPSA) is 59.0 Å². The molecule has 5 nitrogen and oxygen atoms in total. The predicted molar refractivity (Wildman–Crippen MR) is 65.7 cm³/mol. The van der Waals surface area contributed by atoms with Crippen LogP contribution in [0, 0.1) is 5.82 Å². The molecule has 1 amide bonds. The summed E-state index contributed by atoms with van der Waals surface area (Å²) < 4.78 is 23.6. The lowest BCUT2D eigenvalue weighted by Gasteiger charge is -2.34. The van der Waals surface area contributed by atoms with Crippen molar-refractivity contribution in [3.05, 3.63) is 29.6 Å². The zero-order valence-corrected chi connectivity index (χ0v) is 10.6. The minimum absolute atomic E-state index is 0.0947. The van der Waals surface area contributed by atoms with Crippen LogP contribution in [0.1, 0.15) is 10.4 Å². The molecule has 0 aromatic heterocycles. The third-order valence-corrected chi connectivity index (χ3v) is 3.10. The van der Waals surface area contributed by atoms with E-state index in [0.29, 0.717) is 19.8 Å². The van der Waals surface area contributed by atoms with Gasteiger partial charge in [0.25, 0.3) is 5.91 Å². The molecule has 1 fully saturated rings. The number of benzene rings is 1. The fourth-order valence-electron chi connectivity index (χ4n) is 2.04. The van der Waals surface area contributed by atoms with Crippen molar-refractivity contribution in [3.8, 4) is 5.75 Å². The van der Waals surface area contributed by atoms with E-state index in [2.05, 4.69) is 0 Å². The highest BCUT2D eigenvalue weighted by Gasteiger charge is 2.27. The van der Waals surface area contributed by atoms with Crippen LogP contribution >= 0.6 is 0 Å². The molecule has 0 spiro atoms. The summed E-state index contributed by atoms with van der Waals surface area (Å²) in [6, 6.07) is 3.68. The Morgan fingerprint density at radius 2 is 2.42 bits per heavy atom. The number of methoxy groups -OCH3 is 1. The zero-order chi connectivity index (χ0) is 13.8. The highest BCUT2D eigenvalue weighted by Crippen LogP contribution is 2.20. The first-order valence-corrected chi connectivity index (χ1v) is 6.00. The Bertz CT molecular complexity index is 466. The predicted octanol–water partition coefficient (Wildman–Crippen LogP) is 0.668. The van der Waals surface area contributed by atoms with E-state index in [9.17, 15) is 14.3 Å². The van der Waals surface area contributed by atoms with Crippen molar-refractivity contribution in [2.45, 2.75) is 6.04 Å². The number of amides is 1. The van der Waals surface area contributed by atoms with Gasteiger partial charge in [0.05, 0.1) is 33.0 Å². The molecule has 1 heterocycles. The largest absolute Gasteiger partial charge is 0.494 e. The molecule has 1 N–H and O–H groups in total. The van der Waals surface area contributed by atoms with Gasteiger partial charge >= 0.3 is 0 Å². The van der Waals surface area contributed by atoms with Crippen molar-refractivity contribution in [1.29, 1.82) is 0 Å². The highest BCUT2D eigenvalue weighted by atomic mass is 19.1. The molecular formula is C13H16FNO4. The molecular weight excluding hydrogens is 253 g/mol. The van der Waals surface area contributed by atoms with Crippen LogP contribution in [0.5, 0.6) is 5.75 Å². The number of hydrogen-bond acceptors (Lipinski definition) is 4. The molecule has 0 bridgehead atoms. The van der Waals surface area contributed by atoms with Crippen LogP contribution in [0.2, 0.25) is 0 Å². The van der Waals surface area contributed by atoms with Crippen molar-refractivity contribution in [3.63, 3.8) is 0 Å². The lowest BCUT2D eigenvalue weighted by Crippen LogP contribution is -2.50. The first-order valence-electron chi connectivity index (χ1n) is 6.00. The average Bonchev–Trinajstić information content (AvgIpc) is 2.46. The van der Waals surface area contributed by atoms with Crippen molar-refractivity contribution < 1.29 is 23.8 Å². The number of morpholine rings is 1. The van der Waals surface area contributed by atoms with Gasteiger partial charge in [-0.1, -0.05) is 0 Å². The van der Waals surface area contributed by atoms with Crippen LogP contribution in [0.3, 0.4) is 0 Å². The smallest absolute Gasteiger partial charge is 0.254 e. The number of carbonyl (C=O) groups excluding carboxylic acids is 1. The number of rotatable bonds is 3. The average molecular weight is 269 g/mol. The molecule has 1 aliphatic heterocycles. The van der Waals surface area contributed by atoms with Gasteiger partial charge in [0.15, 0.2) is 11.6 Å². The molecule has 0 radical (unpaired) electrons. The second kappa shape index (κ2) is 5.99. The maximum absolute atomic E-state index is 13.6. The van der Waals surface area contributed by atoms with E-state index in [-0.39, 0.29) is 29.9 Å². The van der Waals surface area contributed by atoms with Gasteiger partial charge in [-0.15, -0.1) is 0 Å². The number of aliphatic hydroxyl groups excluding tert-OH is 1. The quantitative estimate of drug-likeness (QED) is 0.876. The molecule has 19 heavy (non-hydrogen) atoms. The number of ether oxygens (including phenoxy) is 2. The van der Waals surface area contributed by atoms with Gasteiger partial charge in [0, 0.05) is 12.1 Å². The normalized spacial score (nSPS) is 19.3. The van der Waals surface area contributed by atoms with Crippen molar-refractivity contribution >= 4 is 5.91 Å². The van der Waals surface area contributed by atoms with Crippen LogP contribution in [-0.4, -0.2) is 55.4 Å². The Labute approximate surface area is 110 Å². The lowest BCUT2D eigenvalue weighted by atomic mass is 10.1. The summed E-state index contributed by atoms with van der Waals surface area (Å²) in [5, 5.41) is 9.23. The lowest BCUT2D eigenvalue weighted by molar-refractivity contribution is -0.0184. The maximum Gasteiger partial charge on any atom is 0.254 e. The van der Waals surface area contributed by atoms with Gasteiger partial charge in [0.2, 0.25) is 0 Å². The maximum atomic E-state index is 13.6. The van der Waals surface area contributed by atoms with E-state index >= 15 is 0 Å². The fraction of sp³-hybridized carbons (Fsp3) is 0.462. The molecule has 6 heteroatoms. The van der Waals surface area contributed by atoms with Gasteiger partial charge in [-0.3, -0.25) is 4.79 Å². The number of carbonyl (C=O) groups is 1. The first kappa shape index (κ1) is 13.8. The second-order valence-electron chi connectivity index (χ2n) is 4.26. The SMILES string of the molecule is COc1ccc(C(=O)N2CCOCC2CO)cc1F. The molecule has 0 aliphatic carbocycles. The van der Waals surface area contributed by atoms with Gasteiger partial charge in [0.1, 0.15) is 0 Å². The molecule has 1 atom stereocenters. The number of aliphatic hydroxyl groups is 1. The highest BCUT2D eigenvalue weighted by molar-refractivity contribution is 5.94.